The third-order valence-electron chi connectivity index (χ3n) is 4.35. The highest BCUT2D eigenvalue weighted by atomic mass is 32.1. The third-order valence-corrected chi connectivity index (χ3v) is 5.15. The molecular formula is C16H24N4S. The number of anilines is 2. The van der Waals surface area contributed by atoms with Crippen molar-refractivity contribution in [3.63, 3.8) is 0 Å². The van der Waals surface area contributed by atoms with Crippen LogP contribution in [0.25, 0.3) is 10.2 Å². The summed E-state index contributed by atoms with van der Waals surface area (Å²) in [6.07, 6.45) is 8.00. The van der Waals surface area contributed by atoms with Gasteiger partial charge in [0.15, 0.2) is 0 Å². The summed E-state index contributed by atoms with van der Waals surface area (Å²) in [6.45, 7) is 2.93. The molecule has 0 unspecified atom stereocenters. The molecule has 0 amide bonds. The molecule has 0 bridgehead atoms. The predicted molar refractivity (Wildman–Crippen MR) is 91.5 cm³/mol. The van der Waals surface area contributed by atoms with Crippen LogP contribution in [0.2, 0.25) is 0 Å². The Labute approximate surface area is 130 Å². The Morgan fingerprint density at radius 3 is 2.71 bits per heavy atom. The zero-order valence-corrected chi connectivity index (χ0v) is 13.7. The summed E-state index contributed by atoms with van der Waals surface area (Å²) in [7, 11) is 2.20. The number of thiophene rings is 1. The summed E-state index contributed by atoms with van der Waals surface area (Å²) in [5.41, 5.74) is 0. The number of hydrogen-bond donors (Lipinski definition) is 1. The van der Waals surface area contributed by atoms with Crippen molar-refractivity contribution in [3.8, 4) is 0 Å². The Morgan fingerprint density at radius 1 is 1.24 bits per heavy atom. The number of nitrogens with one attached hydrogen (secondary N) is 1. The van der Waals surface area contributed by atoms with Gasteiger partial charge < -0.3 is 10.2 Å². The average Bonchev–Trinajstić information content (AvgIpc) is 2.79. The lowest BCUT2D eigenvalue weighted by Gasteiger charge is -2.29. The molecule has 2 heterocycles. The molecule has 0 spiro atoms. The van der Waals surface area contributed by atoms with E-state index in [1.807, 2.05) is 0 Å². The highest BCUT2D eigenvalue weighted by Gasteiger charge is 2.21. The molecule has 1 fully saturated rings. The van der Waals surface area contributed by atoms with Gasteiger partial charge in [-0.3, -0.25) is 0 Å². The van der Waals surface area contributed by atoms with Gasteiger partial charge in [0.2, 0.25) is 5.95 Å². The molecule has 0 aliphatic heterocycles. The van der Waals surface area contributed by atoms with Gasteiger partial charge in [-0.1, -0.05) is 25.7 Å². The lowest BCUT2D eigenvalue weighted by molar-refractivity contribution is 0.550. The van der Waals surface area contributed by atoms with E-state index in [2.05, 4.69) is 40.6 Å². The van der Waals surface area contributed by atoms with E-state index in [4.69, 9.17) is 4.98 Å². The number of fused-ring (bicyclic) bond motifs is 1. The molecule has 0 radical (unpaired) electrons. The maximum atomic E-state index is 4.78. The zero-order chi connectivity index (χ0) is 14.7. The van der Waals surface area contributed by atoms with Crippen molar-refractivity contribution in [1.82, 2.24) is 9.97 Å². The van der Waals surface area contributed by atoms with Gasteiger partial charge in [0, 0.05) is 19.6 Å². The van der Waals surface area contributed by atoms with Crippen LogP contribution in [-0.2, 0) is 0 Å². The van der Waals surface area contributed by atoms with E-state index in [1.54, 1.807) is 11.3 Å². The second-order valence-corrected chi connectivity index (χ2v) is 6.69. The topological polar surface area (TPSA) is 41.1 Å². The minimum Gasteiger partial charge on any atom is -0.356 e. The minimum atomic E-state index is 0.611. The third kappa shape index (κ3) is 3.12. The SMILES string of the molecule is CCNc1nc(N(C)C2CCCCCC2)c2ccsc2n1. The first-order valence-electron chi connectivity index (χ1n) is 8.01. The monoisotopic (exact) mass is 304 g/mol. The molecule has 114 valence electrons. The van der Waals surface area contributed by atoms with E-state index in [1.165, 1.54) is 43.9 Å². The molecule has 2 aromatic heterocycles. The van der Waals surface area contributed by atoms with Crippen LogP contribution < -0.4 is 10.2 Å². The lowest BCUT2D eigenvalue weighted by atomic mass is 10.1. The fraction of sp³-hybridized carbons (Fsp3) is 0.625. The first-order chi connectivity index (χ1) is 10.3. The molecule has 1 aliphatic carbocycles. The van der Waals surface area contributed by atoms with Crippen molar-refractivity contribution in [2.75, 3.05) is 23.8 Å². The average molecular weight is 304 g/mol. The van der Waals surface area contributed by atoms with Crippen LogP contribution in [0.15, 0.2) is 11.4 Å². The Kier molecular flexibility index (Phi) is 4.58. The highest BCUT2D eigenvalue weighted by Crippen LogP contribution is 2.32. The highest BCUT2D eigenvalue weighted by molar-refractivity contribution is 7.16. The second kappa shape index (κ2) is 6.60. The van der Waals surface area contributed by atoms with E-state index >= 15 is 0 Å². The molecule has 1 aliphatic rings. The molecule has 1 N–H and O–H groups in total. The maximum Gasteiger partial charge on any atom is 0.226 e. The normalized spacial score (nSPS) is 16.9. The van der Waals surface area contributed by atoms with Crippen LogP contribution in [0.4, 0.5) is 11.8 Å². The summed E-state index contributed by atoms with van der Waals surface area (Å²) in [4.78, 5) is 12.9. The van der Waals surface area contributed by atoms with Crippen molar-refractivity contribution in [3.05, 3.63) is 11.4 Å². The van der Waals surface area contributed by atoms with Crippen LogP contribution in [0.3, 0.4) is 0 Å². The molecular weight excluding hydrogens is 280 g/mol. The first-order valence-corrected chi connectivity index (χ1v) is 8.89. The lowest BCUT2D eigenvalue weighted by Crippen LogP contribution is -2.32. The van der Waals surface area contributed by atoms with Gasteiger partial charge in [-0.05, 0) is 31.2 Å². The fourth-order valence-electron chi connectivity index (χ4n) is 3.16. The molecule has 0 aromatic carbocycles. The quantitative estimate of drug-likeness (QED) is 0.856. The fourth-order valence-corrected chi connectivity index (χ4v) is 3.92. The molecule has 0 saturated heterocycles. The summed E-state index contributed by atoms with van der Waals surface area (Å²) in [5.74, 6) is 1.84. The van der Waals surface area contributed by atoms with Crippen molar-refractivity contribution in [2.45, 2.75) is 51.5 Å². The molecule has 3 rings (SSSR count). The Bertz CT molecular complexity index is 587. The molecule has 5 heteroatoms. The smallest absolute Gasteiger partial charge is 0.226 e. The van der Waals surface area contributed by atoms with Gasteiger partial charge in [-0.15, -0.1) is 11.3 Å². The van der Waals surface area contributed by atoms with Crippen LogP contribution in [0, 0.1) is 0 Å². The van der Waals surface area contributed by atoms with E-state index in [0.717, 1.165) is 23.1 Å². The van der Waals surface area contributed by atoms with Gasteiger partial charge in [0.25, 0.3) is 0 Å². The van der Waals surface area contributed by atoms with Crippen molar-refractivity contribution >= 4 is 33.3 Å². The van der Waals surface area contributed by atoms with Crippen molar-refractivity contribution < 1.29 is 0 Å². The van der Waals surface area contributed by atoms with Gasteiger partial charge in [0.05, 0.1) is 5.39 Å². The Balaban J connectivity index is 1.94. The number of hydrogen-bond acceptors (Lipinski definition) is 5. The van der Waals surface area contributed by atoms with Crippen molar-refractivity contribution in [1.29, 1.82) is 0 Å². The Hall–Kier alpha value is -1.36. The number of aromatic nitrogens is 2. The largest absolute Gasteiger partial charge is 0.356 e. The van der Waals surface area contributed by atoms with Crippen LogP contribution in [-0.4, -0.2) is 29.6 Å². The van der Waals surface area contributed by atoms with Crippen LogP contribution in [0.1, 0.15) is 45.4 Å². The number of nitrogens with zero attached hydrogens (tertiary/aromatic N) is 3. The summed E-state index contributed by atoms with van der Waals surface area (Å²) in [6, 6.07) is 2.76. The maximum absolute atomic E-state index is 4.78. The minimum absolute atomic E-state index is 0.611. The molecule has 0 atom stereocenters. The van der Waals surface area contributed by atoms with Crippen molar-refractivity contribution in [2.24, 2.45) is 0 Å². The molecule has 21 heavy (non-hydrogen) atoms. The van der Waals surface area contributed by atoms with Gasteiger partial charge in [-0.2, -0.15) is 4.98 Å². The summed E-state index contributed by atoms with van der Waals surface area (Å²) < 4.78 is 0. The first kappa shape index (κ1) is 14.6. The standard InChI is InChI=1S/C16H24N4S/c1-3-17-16-18-14(13-10-11-21-15(13)19-16)20(2)12-8-6-4-5-7-9-12/h10-12H,3-9H2,1-2H3,(H,17,18,19). The molecule has 2 aromatic rings. The van der Waals surface area contributed by atoms with E-state index in [9.17, 15) is 0 Å². The van der Waals surface area contributed by atoms with Gasteiger partial charge in [-0.25, -0.2) is 4.98 Å². The van der Waals surface area contributed by atoms with Gasteiger partial charge >= 0.3 is 0 Å². The Morgan fingerprint density at radius 2 is 2.00 bits per heavy atom. The van der Waals surface area contributed by atoms with E-state index < -0.39 is 0 Å². The van der Waals surface area contributed by atoms with Crippen LogP contribution >= 0.6 is 11.3 Å². The predicted octanol–water partition coefficient (Wildman–Crippen LogP) is 4.28. The molecule has 1 saturated carbocycles. The summed E-state index contributed by atoms with van der Waals surface area (Å²) >= 11 is 1.69. The second-order valence-electron chi connectivity index (χ2n) is 5.80. The molecule has 4 nitrogen and oxygen atoms in total. The van der Waals surface area contributed by atoms with E-state index in [-0.39, 0.29) is 0 Å². The summed E-state index contributed by atoms with van der Waals surface area (Å²) in [5, 5.41) is 6.56. The van der Waals surface area contributed by atoms with E-state index in [0.29, 0.717) is 6.04 Å². The number of rotatable bonds is 4. The van der Waals surface area contributed by atoms with Gasteiger partial charge in [0.1, 0.15) is 10.6 Å². The zero-order valence-electron chi connectivity index (χ0n) is 12.9. The van der Waals surface area contributed by atoms with Crippen LogP contribution in [0.5, 0.6) is 0 Å².